The zero-order valence-electron chi connectivity index (χ0n) is 10.1. The lowest BCUT2D eigenvalue weighted by Gasteiger charge is -2.21. The molecule has 0 radical (unpaired) electrons. The number of nitrogens with two attached hydrogens (primary N) is 1. The molecule has 0 unspecified atom stereocenters. The standard InChI is InChI=1S/C13H19NO2S/c1-2-16-13-9-11(3-4-12(13)14)17-10-5-7-15-8-6-10/h3-4,9-10H,2,5-8,14H2,1H3. The third-order valence-corrected chi connectivity index (χ3v) is 4.09. The molecule has 0 amide bonds. The van der Waals surface area contributed by atoms with Crippen LogP contribution in [0.5, 0.6) is 5.75 Å². The van der Waals surface area contributed by atoms with Gasteiger partial charge >= 0.3 is 0 Å². The Morgan fingerprint density at radius 3 is 2.88 bits per heavy atom. The van der Waals surface area contributed by atoms with Gasteiger partial charge in [0, 0.05) is 23.4 Å². The SMILES string of the molecule is CCOc1cc(SC2CCOCC2)ccc1N. The van der Waals surface area contributed by atoms with E-state index in [-0.39, 0.29) is 0 Å². The molecule has 0 atom stereocenters. The van der Waals surface area contributed by atoms with Gasteiger partial charge < -0.3 is 15.2 Å². The van der Waals surface area contributed by atoms with Crippen LogP contribution >= 0.6 is 11.8 Å². The van der Waals surface area contributed by atoms with Crippen LogP contribution in [0.3, 0.4) is 0 Å². The predicted octanol–water partition coefficient (Wildman–Crippen LogP) is 2.94. The van der Waals surface area contributed by atoms with Crippen molar-refractivity contribution in [2.75, 3.05) is 25.6 Å². The first-order chi connectivity index (χ1) is 8.29. The highest BCUT2D eigenvalue weighted by Crippen LogP contribution is 2.34. The molecule has 1 aliphatic heterocycles. The van der Waals surface area contributed by atoms with Crippen molar-refractivity contribution < 1.29 is 9.47 Å². The summed E-state index contributed by atoms with van der Waals surface area (Å²) in [6.07, 6.45) is 2.25. The highest BCUT2D eigenvalue weighted by Gasteiger charge is 2.15. The topological polar surface area (TPSA) is 44.5 Å². The molecular formula is C13H19NO2S. The van der Waals surface area contributed by atoms with Crippen LogP contribution in [-0.2, 0) is 4.74 Å². The van der Waals surface area contributed by atoms with Crippen LogP contribution in [0.4, 0.5) is 5.69 Å². The maximum Gasteiger partial charge on any atom is 0.143 e. The second-order valence-corrected chi connectivity index (χ2v) is 5.44. The fourth-order valence-electron chi connectivity index (χ4n) is 1.85. The van der Waals surface area contributed by atoms with E-state index in [9.17, 15) is 0 Å². The molecule has 1 aromatic carbocycles. The third kappa shape index (κ3) is 3.54. The Morgan fingerprint density at radius 1 is 1.41 bits per heavy atom. The number of thioether (sulfide) groups is 1. The predicted molar refractivity (Wildman–Crippen MR) is 71.7 cm³/mol. The average molecular weight is 253 g/mol. The monoisotopic (exact) mass is 253 g/mol. The minimum Gasteiger partial charge on any atom is -0.492 e. The molecule has 17 heavy (non-hydrogen) atoms. The Morgan fingerprint density at radius 2 is 2.18 bits per heavy atom. The van der Waals surface area contributed by atoms with E-state index in [1.807, 2.05) is 30.8 Å². The van der Waals surface area contributed by atoms with Gasteiger partial charge in [0.05, 0.1) is 12.3 Å². The largest absolute Gasteiger partial charge is 0.492 e. The zero-order chi connectivity index (χ0) is 12.1. The Bertz CT molecular complexity index is 364. The second-order valence-electron chi connectivity index (χ2n) is 4.06. The fraction of sp³-hybridized carbons (Fsp3) is 0.538. The number of hydrogen-bond donors (Lipinski definition) is 1. The highest BCUT2D eigenvalue weighted by atomic mass is 32.2. The van der Waals surface area contributed by atoms with Gasteiger partial charge in [-0.15, -0.1) is 11.8 Å². The summed E-state index contributed by atoms with van der Waals surface area (Å²) >= 11 is 1.90. The smallest absolute Gasteiger partial charge is 0.143 e. The maximum absolute atomic E-state index is 5.85. The van der Waals surface area contributed by atoms with E-state index in [0.717, 1.165) is 31.8 Å². The minimum absolute atomic E-state index is 0.648. The van der Waals surface area contributed by atoms with Gasteiger partial charge in [-0.25, -0.2) is 0 Å². The lowest BCUT2D eigenvalue weighted by atomic mass is 10.2. The summed E-state index contributed by atoms with van der Waals surface area (Å²) in [5.74, 6) is 0.796. The molecule has 4 heteroatoms. The summed E-state index contributed by atoms with van der Waals surface area (Å²) in [5.41, 5.74) is 6.57. The van der Waals surface area contributed by atoms with Crippen molar-refractivity contribution in [3.8, 4) is 5.75 Å². The van der Waals surface area contributed by atoms with Crippen LogP contribution in [0.25, 0.3) is 0 Å². The number of nitrogen functional groups attached to an aromatic ring is 1. The van der Waals surface area contributed by atoms with Gasteiger partial charge in [0.25, 0.3) is 0 Å². The molecule has 0 aliphatic carbocycles. The average Bonchev–Trinajstić information content (AvgIpc) is 2.35. The molecule has 1 saturated heterocycles. The van der Waals surface area contributed by atoms with Crippen molar-refractivity contribution in [1.82, 2.24) is 0 Å². The van der Waals surface area contributed by atoms with Gasteiger partial charge in [-0.3, -0.25) is 0 Å². The van der Waals surface area contributed by atoms with Crippen LogP contribution < -0.4 is 10.5 Å². The van der Waals surface area contributed by atoms with Crippen LogP contribution in [0.15, 0.2) is 23.1 Å². The summed E-state index contributed by atoms with van der Waals surface area (Å²) in [6, 6.07) is 6.03. The highest BCUT2D eigenvalue weighted by molar-refractivity contribution is 8.00. The number of anilines is 1. The Labute approximate surface area is 107 Å². The summed E-state index contributed by atoms with van der Waals surface area (Å²) in [6.45, 7) is 4.38. The minimum atomic E-state index is 0.648. The first-order valence-electron chi connectivity index (χ1n) is 6.06. The van der Waals surface area contributed by atoms with Crippen LogP contribution in [0, 0.1) is 0 Å². The molecule has 0 spiro atoms. The number of rotatable bonds is 4. The van der Waals surface area contributed by atoms with E-state index in [0.29, 0.717) is 17.5 Å². The number of ether oxygens (including phenoxy) is 2. The fourth-order valence-corrected chi connectivity index (χ4v) is 2.99. The van der Waals surface area contributed by atoms with Crippen molar-refractivity contribution >= 4 is 17.4 Å². The molecule has 2 N–H and O–H groups in total. The lowest BCUT2D eigenvalue weighted by Crippen LogP contribution is -2.17. The summed E-state index contributed by atoms with van der Waals surface area (Å²) in [4.78, 5) is 1.23. The molecule has 1 aromatic rings. The molecule has 0 aromatic heterocycles. The van der Waals surface area contributed by atoms with Gasteiger partial charge in [-0.1, -0.05) is 0 Å². The Hall–Kier alpha value is -0.870. The van der Waals surface area contributed by atoms with Crippen molar-refractivity contribution in [3.63, 3.8) is 0 Å². The van der Waals surface area contributed by atoms with E-state index in [2.05, 4.69) is 6.07 Å². The second kappa shape index (κ2) is 6.17. The molecule has 3 nitrogen and oxygen atoms in total. The molecule has 0 bridgehead atoms. The molecule has 1 fully saturated rings. The van der Waals surface area contributed by atoms with Crippen molar-refractivity contribution in [3.05, 3.63) is 18.2 Å². The van der Waals surface area contributed by atoms with E-state index < -0.39 is 0 Å². The van der Waals surface area contributed by atoms with Crippen LogP contribution in [-0.4, -0.2) is 25.1 Å². The number of hydrogen-bond acceptors (Lipinski definition) is 4. The first-order valence-corrected chi connectivity index (χ1v) is 6.94. The molecular weight excluding hydrogens is 234 g/mol. The van der Waals surface area contributed by atoms with Crippen LogP contribution in [0.2, 0.25) is 0 Å². The van der Waals surface area contributed by atoms with E-state index in [1.165, 1.54) is 4.90 Å². The lowest BCUT2D eigenvalue weighted by molar-refractivity contribution is 0.100. The Kier molecular flexibility index (Phi) is 4.57. The molecule has 1 heterocycles. The molecule has 94 valence electrons. The molecule has 1 aliphatic rings. The summed E-state index contributed by atoms with van der Waals surface area (Å²) in [5, 5.41) is 0.654. The zero-order valence-corrected chi connectivity index (χ0v) is 11.0. The normalized spacial score (nSPS) is 17.0. The van der Waals surface area contributed by atoms with Gasteiger partial charge in [0.1, 0.15) is 5.75 Å². The quantitative estimate of drug-likeness (QED) is 0.838. The maximum atomic E-state index is 5.85. The van der Waals surface area contributed by atoms with Gasteiger partial charge in [0.2, 0.25) is 0 Å². The van der Waals surface area contributed by atoms with Crippen molar-refractivity contribution in [1.29, 1.82) is 0 Å². The van der Waals surface area contributed by atoms with Gasteiger partial charge in [-0.2, -0.15) is 0 Å². The summed E-state index contributed by atoms with van der Waals surface area (Å²) in [7, 11) is 0. The van der Waals surface area contributed by atoms with Crippen molar-refractivity contribution in [2.24, 2.45) is 0 Å². The van der Waals surface area contributed by atoms with Crippen molar-refractivity contribution in [2.45, 2.75) is 29.9 Å². The van der Waals surface area contributed by atoms with Gasteiger partial charge in [0.15, 0.2) is 0 Å². The van der Waals surface area contributed by atoms with E-state index in [4.69, 9.17) is 15.2 Å². The third-order valence-electron chi connectivity index (χ3n) is 2.76. The van der Waals surface area contributed by atoms with Crippen LogP contribution in [0.1, 0.15) is 19.8 Å². The van der Waals surface area contributed by atoms with Gasteiger partial charge in [-0.05, 0) is 38.0 Å². The van der Waals surface area contributed by atoms with E-state index in [1.54, 1.807) is 0 Å². The first kappa shape index (κ1) is 12.6. The summed E-state index contributed by atoms with van der Waals surface area (Å²) < 4.78 is 10.9. The van der Waals surface area contributed by atoms with E-state index >= 15 is 0 Å². The Balaban J connectivity index is 2.02. The molecule has 2 rings (SSSR count). The molecule has 0 saturated carbocycles. The number of benzene rings is 1.